The second-order valence-corrected chi connectivity index (χ2v) is 9.02. The molecule has 1 aliphatic heterocycles. The van der Waals surface area contributed by atoms with Crippen molar-refractivity contribution in [2.45, 2.75) is 39.0 Å². The summed E-state index contributed by atoms with van der Waals surface area (Å²) in [4.78, 5) is 48.4. The van der Waals surface area contributed by atoms with Crippen molar-refractivity contribution < 1.29 is 19.4 Å². The number of imide groups is 1. The lowest BCUT2D eigenvalue weighted by Crippen LogP contribution is -2.32. The van der Waals surface area contributed by atoms with Crippen molar-refractivity contribution in [3.05, 3.63) is 58.9 Å². The largest absolute Gasteiger partial charge is 0.394 e. The number of fused-ring (bicyclic) bond motifs is 1. The molecule has 4 aromatic rings. The van der Waals surface area contributed by atoms with Crippen LogP contribution in [0.25, 0.3) is 22.3 Å². The molecule has 2 aromatic heterocycles. The van der Waals surface area contributed by atoms with E-state index in [0.717, 1.165) is 16.0 Å². The molecule has 2 atom stereocenters. The molecule has 5 rings (SSSR count). The van der Waals surface area contributed by atoms with Crippen molar-refractivity contribution in [1.29, 1.82) is 0 Å². The van der Waals surface area contributed by atoms with Gasteiger partial charge >= 0.3 is 0 Å². The molecule has 0 radical (unpaired) electrons. The van der Waals surface area contributed by atoms with Gasteiger partial charge in [-0.05, 0) is 48.2 Å². The van der Waals surface area contributed by atoms with Gasteiger partial charge in [0.1, 0.15) is 6.23 Å². The third-order valence-electron chi connectivity index (χ3n) is 6.38. The molecule has 1 aliphatic rings. The van der Waals surface area contributed by atoms with Crippen LogP contribution in [0.2, 0.25) is 0 Å². The molecular weight excluding hydrogens is 490 g/mol. The Labute approximate surface area is 217 Å². The first-order valence-electron chi connectivity index (χ1n) is 12.1. The van der Waals surface area contributed by atoms with Crippen LogP contribution < -0.4 is 21.5 Å². The fourth-order valence-corrected chi connectivity index (χ4v) is 4.64. The zero-order valence-electron chi connectivity index (χ0n) is 20.8. The summed E-state index contributed by atoms with van der Waals surface area (Å²) in [6.07, 6.45) is 0.478. The van der Waals surface area contributed by atoms with E-state index in [-0.39, 0.29) is 36.0 Å². The summed E-state index contributed by atoms with van der Waals surface area (Å²) >= 11 is 0. The van der Waals surface area contributed by atoms with Crippen LogP contribution in [0.3, 0.4) is 0 Å². The number of hydrogen-bond donors (Lipinski definition) is 4. The number of amides is 2. The molecule has 1 fully saturated rings. The van der Waals surface area contributed by atoms with Gasteiger partial charge in [-0.3, -0.25) is 28.8 Å². The number of nitrogens with zero attached hydrogens (tertiary/aromatic N) is 4. The maximum absolute atomic E-state index is 12.5. The first kappa shape index (κ1) is 25.1. The van der Waals surface area contributed by atoms with E-state index < -0.39 is 11.8 Å². The molecule has 2 aromatic carbocycles. The highest BCUT2D eigenvalue weighted by Gasteiger charge is 2.30. The van der Waals surface area contributed by atoms with E-state index in [1.54, 1.807) is 16.7 Å². The smallest absolute Gasteiger partial charge is 0.280 e. The normalized spacial score (nSPS) is 17.0. The highest BCUT2D eigenvalue weighted by atomic mass is 16.5. The van der Waals surface area contributed by atoms with E-state index in [4.69, 9.17) is 10.5 Å². The van der Waals surface area contributed by atoms with Crippen LogP contribution in [-0.2, 0) is 14.3 Å². The number of hydrogen-bond acceptors (Lipinski definition) is 9. The lowest BCUT2D eigenvalue weighted by Gasteiger charge is -2.18. The Morgan fingerprint density at radius 1 is 1.08 bits per heavy atom. The zero-order chi connectivity index (χ0) is 27.0. The molecule has 12 nitrogen and oxygen atoms in total. The summed E-state index contributed by atoms with van der Waals surface area (Å²) in [5, 5.41) is 12.7. The second kappa shape index (κ2) is 10.1. The van der Waals surface area contributed by atoms with Gasteiger partial charge in [-0.1, -0.05) is 24.3 Å². The van der Waals surface area contributed by atoms with Crippen molar-refractivity contribution in [3.8, 4) is 11.1 Å². The molecule has 0 saturated carbocycles. The second-order valence-electron chi connectivity index (χ2n) is 9.02. The Bertz CT molecular complexity index is 1550. The van der Waals surface area contributed by atoms with Crippen molar-refractivity contribution in [3.63, 3.8) is 0 Å². The van der Waals surface area contributed by atoms with Crippen LogP contribution in [0, 0.1) is 0 Å². The van der Waals surface area contributed by atoms with Crippen LogP contribution in [0.4, 0.5) is 23.3 Å². The van der Waals surface area contributed by atoms with E-state index in [2.05, 4.69) is 20.3 Å². The number of ether oxygens (including phenoxy) is 1. The molecule has 196 valence electrons. The molecular formula is C26H27N7O5. The topological polar surface area (TPSA) is 168 Å². The van der Waals surface area contributed by atoms with Crippen molar-refractivity contribution in [2.75, 3.05) is 22.6 Å². The van der Waals surface area contributed by atoms with Gasteiger partial charge in [0.05, 0.1) is 18.4 Å². The molecule has 0 bridgehead atoms. The van der Waals surface area contributed by atoms with Crippen LogP contribution in [0.5, 0.6) is 0 Å². The number of benzene rings is 2. The Morgan fingerprint density at radius 3 is 2.29 bits per heavy atom. The first-order chi connectivity index (χ1) is 18.2. The number of nitrogen functional groups attached to an aromatic ring is 1. The number of carbonyl (C=O) groups is 2. The summed E-state index contributed by atoms with van der Waals surface area (Å²) in [5.41, 5.74) is 8.79. The number of nitrogens with one attached hydrogen (secondary N) is 2. The lowest BCUT2D eigenvalue weighted by atomic mass is 10.0. The van der Waals surface area contributed by atoms with Gasteiger partial charge in [-0.25, -0.2) is 4.98 Å². The van der Waals surface area contributed by atoms with Gasteiger partial charge in [0.2, 0.25) is 23.7 Å². The highest BCUT2D eigenvalue weighted by Crippen LogP contribution is 2.34. The number of nitrogens with two attached hydrogens (primary N) is 1. The molecule has 12 heteroatoms. The Morgan fingerprint density at radius 2 is 1.71 bits per heavy atom. The van der Waals surface area contributed by atoms with Crippen LogP contribution in [-0.4, -0.2) is 49.2 Å². The SMILES string of the molecule is CC(=O)N(C(C)=O)c1ccc(-c2ccc(Nc3nc4c(=O)[nH]c(N)nc4n3[C@H]3CC[C@@H](CO)O3)cc2)cc1. The number of aliphatic hydroxyl groups is 1. The number of carbonyl (C=O) groups excluding carboxylic acids is 2. The number of aromatic amines is 1. The Hall–Kier alpha value is -4.55. The fraction of sp³-hybridized carbons (Fsp3) is 0.269. The van der Waals surface area contributed by atoms with Crippen LogP contribution in [0.15, 0.2) is 53.3 Å². The Balaban J connectivity index is 1.43. The molecule has 3 heterocycles. The quantitative estimate of drug-likeness (QED) is 0.300. The molecule has 0 aliphatic carbocycles. The molecule has 0 spiro atoms. The summed E-state index contributed by atoms with van der Waals surface area (Å²) < 4.78 is 7.64. The van der Waals surface area contributed by atoms with Gasteiger partial charge in [0, 0.05) is 19.5 Å². The number of aliphatic hydroxyl groups excluding tert-OH is 1. The molecule has 1 saturated heterocycles. The van der Waals surface area contributed by atoms with E-state index in [1.807, 2.05) is 36.4 Å². The van der Waals surface area contributed by atoms with Crippen molar-refractivity contribution >= 4 is 46.2 Å². The van der Waals surface area contributed by atoms with Crippen LogP contribution in [0.1, 0.15) is 32.9 Å². The molecule has 2 amide bonds. The number of aromatic nitrogens is 4. The Kier molecular flexibility index (Phi) is 6.66. The average Bonchev–Trinajstić information content (AvgIpc) is 3.49. The lowest BCUT2D eigenvalue weighted by molar-refractivity contribution is -0.124. The monoisotopic (exact) mass is 517 g/mol. The third kappa shape index (κ3) is 4.74. The minimum Gasteiger partial charge on any atom is -0.394 e. The summed E-state index contributed by atoms with van der Waals surface area (Å²) in [7, 11) is 0. The fourth-order valence-electron chi connectivity index (χ4n) is 4.64. The van der Waals surface area contributed by atoms with E-state index in [1.165, 1.54) is 13.8 Å². The van der Waals surface area contributed by atoms with Gasteiger partial charge in [-0.2, -0.15) is 4.98 Å². The van der Waals surface area contributed by atoms with Crippen LogP contribution >= 0.6 is 0 Å². The first-order valence-corrected chi connectivity index (χ1v) is 12.1. The predicted molar refractivity (Wildman–Crippen MR) is 142 cm³/mol. The number of H-pyrrole nitrogens is 1. The molecule has 0 unspecified atom stereocenters. The van der Waals surface area contributed by atoms with E-state index in [0.29, 0.717) is 35.8 Å². The highest BCUT2D eigenvalue weighted by molar-refractivity contribution is 6.13. The third-order valence-corrected chi connectivity index (χ3v) is 6.38. The minimum absolute atomic E-state index is 0.0306. The van der Waals surface area contributed by atoms with Gasteiger partial charge in [0.25, 0.3) is 5.56 Å². The summed E-state index contributed by atoms with van der Waals surface area (Å²) in [6, 6.07) is 14.7. The maximum Gasteiger partial charge on any atom is 0.280 e. The zero-order valence-corrected chi connectivity index (χ0v) is 20.8. The van der Waals surface area contributed by atoms with Gasteiger partial charge in [0.15, 0.2) is 11.2 Å². The average molecular weight is 518 g/mol. The number of anilines is 4. The minimum atomic E-state index is -0.476. The van der Waals surface area contributed by atoms with Gasteiger partial charge in [-0.15, -0.1) is 0 Å². The number of imidazole rings is 1. The predicted octanol–water partition coefficient (Wildman–Crippen LogP) is 2.68. The van der Waals surface area contributed by atoms with Crippen molar-refractivity contribution in [2.24, 2.45) is 0 Å². The standard InChI is InChI=1S/C26H27N7O5/c1-14(35)32(15(2)36)19-9-5-17(6-10-19)16-3-7-18(8-4-16)28-26-29-22-23(30-25(27)31-24(22)37)33(26)21-12-11-20(13-34)38-21/h3-10,20-21,34H,11-13H2,1-2H3,(H,28,29)(H3,27,30,31,37)/t20-,21+/m0/s1. The van der Waals surface area contributed by atoms with Gasteiger partial charge < -0.3 is 20.9 Å². The number of rotatable bonds is 6. The molecule has 38 heavy (non-hydrogen) atoms. The molecule has 5 N–H and O–H groups in total. The maximum atomic E-state index is 12.5. The van der Waals surface area contributed by atoms with Crippen molar-refractivity contribution in [1.82, 2.24) is 19.5 Å². The van der Waals surface area contributed by atoms with E-state index in [9.17, 15) is 19.5 Å². The summed E-state index contributed by atoms with van der Waals surface area (Å²) in [5.74, 6) is -0.363. The van der Waals surface area contributed by atoms with E-state index >= 15 is 0 Å². The summed E-state index contributed by atoms with van der Waals surface area (Å²) in [6.45, 7) is 2.59.